The summed E-state index contributed by atoms with van der Waals surface area (Å²) in [5.41, 5.74) is 0.713. The molecule has 262 valence electrons. The Bertz CT molecular complexity index is 1210. The van der Waals surface area contributed by atoms with Crippen molar-refractivity contribution < 1.29 is 38.6 Å². The molecule has 1 aliphatic rings. The Hall–Kier alpha value is -4.00. The number of hydrogen-bond acceptors (Lipinski definition) is 8. The quantitative estimate of drug-likeness (QED) is 0.160. The van der Waals surface area contributed by atoms with Gasteiger partial charge in [0.2, 0.25) is 29.5 Å². The number of esters is 1. The SMILES string of the molecule is CCCCC[C@@H]1CC(=O)NCC(=O)N[C@@H](C(C)C)C(=O)N[C@H](Cc2ccccc2)C(=O)N[C@@H]([C@@H](C)O)C(=O)N[C@@H]([C@@H](C)CC)C(=O)O1. The maximum absolute atomic E-state index is 13.7. The van der Waals surface area contributed by atoms with Crippen molar-refractivity contribution in [3.8, 4) is 0 Å². The van der Waals surface area contributed by atoms with Crippen LogP contribution in [-0.2, 0) is 39.9 Å². The van der Waals surface area contributed by atoms with Crippen molar-refractivity contribution in [2.75, 3.05) is 6.54 Å². The standard InChI is InChI=1S/C34H53N5O8/c1-7-9-11-16-24-18-26(41)35-19-27(42)37-28(20(3)4)32(44)36-25(17-23-14-12-10-13-15-23)31(43)39-30(22(6)40)33(45)38-29(21(5)8-2)34(46)47-24/h10,12-15,20-22,24-25,28-30,40H,7-9,11,16-19H2,1-6H3,(H,35,41)(H,36,44)(H,37,42)(H,38,45)(H,39,43)/t21-,22+,24+,25+,28-,29-,30-/m0/s1. The lowest BCUT2D eigenvalue weighted by Crippen LogP contribution is -2.61. The molecule has 7 atom stereocenters. The number of carbonyl (C=O) groups excluding carboxylic acids is 6. The van der Waals surface area contributed by atoms with Crippen molar-refractivity contribution in [1.29, 1.82) is 0 Å². The fraction of sp³-hybridized carbons (Fsp3) is 0.647. The Balaban J connectivity index is 2.52. The molecule has 0 radical (unpaired) electrons. The molecule has 0 aliphatic carbocycles. The van der Waals surface area contributed by atoms with E-state index < -0.39 is 84.3 Å². The number of ether oxygens (including phenoxy) is 1. The van der Waals surface area contributed by atoms with E-state index in [9.17, 15) is 33.9 Å². The number of rotatable bonds is 10. The van der Waals surface area contributed by atoms with Gasteiger partial charge in [-0.3, -0.25) is 24.0 Å². The molecule has 0 spiro atoms. The summed E-state index contributed by atoms with van der Waals surface area (Å²) in [6.07, 6.45) is 0.980. The molecule has 13 heteroatoms. The summed E-state index contributed by atoms with van der Waals surface area (Å²) >= 11 is 0. The van der Waals surface area contributed by atoms with Crippen molar-refractivity contribution in [1.82, 2.24) is 26.6 Å². The van der Waals surface area contributed by atoms with Crippen LogP contribution in [0.5, 0.6) is 0 Å². The third-order valence-corrected chi connectivity index (χ3v) is 8.28. The summed E-state index contributed by atoms with van der Waals surface area (Å²) in [5, 5.41) is 23.7. The summed E-state index contributed by atoms with van der Waals surface area (Å²) in [6.45, 7) is 9.97. The highest BCUT2D eigenvalue weighted by molar-refractivity contribution is 5.96. The van der Waals surface area contributed by atoms with E-state index in [4.69, 9.17) is 4.74 Å². The van der Waals surface area contributed by atoms with Crippen molar-refractivity contribution in [2.24, 2.45) is 11.8 Å². The number of unbranched alkanes of at least 4 members (excludes halogenated alkanes) is 2. The molecule has 0 aromatic heterocycles. The number of aliphatic hydroxyl groups is 1. The lowest BCUT2D eigenvalue weighted by atomic mass is 9.97. The van der Waals surface area contributed by atoms with E-state index in [1.54, 1.807) is 51.1 Å². The van der Waals surface area contributed by atoms with Crippen LogP contribution >= 0.6 is 0 Å². The normalized spacial score (nSPS) is 25.5. The lowest BCUT2D eigenvalue weighted by Gasteiger charge is -2.29. The van der Waals surface area contributed by atoms with Crippen LogP contribution in [0.2, 0.25) is 0 Å². The van der Waals surface area contributed by atoms with E-state index in [0.717, 1.165) is 12.8 Å². The molecule has 1 heterocycles. The highest BCUT2D eigenvalue weighted by Crippen LogP contribution is 2.16. The first-order chi connectivity index (χ1) is 22.3. The molecule has 1 fully saturated rings. The molecule has 1 aliphatic heterocycles. The Morgan fingerprint density at radius 2 is 1.43 bits per heavy atom. The van der Waals surface area contributed by atoms with E-state index >= 15 is 0 Å². The number of aliphatic hydroxyl groups excluding tert-OH is 1. The van der Waals surface area contributed by atoms with E-state index in [0.29, 0.717) is 24.8 Å². The topological polar surface area (TPSA) is 192 Å². The molecule has 5 amide bonds. The first-order valence-corrected chi connectivity index (χ1v) is 16.7. The third kappa shape index (κ3) is 13.0. The molecule has 1 aromatic carbocycles. The van der Waals surface area contributed by atoms with Gasteiger partial charge in [-0.15, -0.1) is 0 Å². The highest BCUT2D eigenvalue weighted by Gasteiger charge is 2.36. The fourth-order valence-electron chi connectivity index (χ4n) is 5.17. The van der Waals surface area contributed by atoms with Crippen molar-refractivity contribution in [2.45, 2.75) is 123 Å². The Labute approximate surface area is 277 Å². The van der Waals surface area contributed by atoms with Crippen LogP contribution in [-0.4, -0.2) is 83.5 Å². The number of benzene rings is 1. The van der Waals surface area contributed by atoms with Crippen LogP contribution < -0.4 is 26.6 Å². The Morgan fingerprint density at radius 3 is 2.02 bits per heavy atom. The summed E-state index contributed by atoms with van der Waals surface area (Å²) in [6, 6.07) is 4.03. The summed E-state index contributed by atoms with van der Waals surface area (Å²) in [5.74, 6) is -4.87. The van der Waals surface area contributed by atoms with Crippen molar-refractivity contribution in [3.05, 3.63) is 35.9 Å². The minimum absolute atomic E-state index is 0.0443. The van der Waals surface area contributed by atoms with Crippen LogP contribution in [0.15, 0.2) is 30.3 Å². The van der Waals surface area contributed by atoms with Gasteiger partial charge in [-0.05, 0) is 37.2 Å². The van der Waals surface area contributed by atoms with Crippen molar-refractivity contribution in [3.63, 3.8) is 0 Å². The van der Waals surface area contributed by atoms with Gasteiger partial charge in [0.15, 0.2) is 0 Å². The monoisotopic (exact) mass is 659 g/mol. The number of nitrogens with one attached hydrogen (secondary N) is 5. The van der Waals surface area contributed by atoms with Crippen molar-refractivity contribution >= 4 is 35.5 Å². The molecule has 47 heavy (non-hydrogen) atoms. The number of carbonyl (C=O) groups is 6. The maximum atomic E-state index is 13.7. The van der Waals surface area contributed by atoms with Gasteiger partial charge in [-0.1, -0.05) is 84.2 Å². The van der Waals surface area contributed by atoms with Gasteiger partial charge in [0.25, 0.3) is 0 Å². The van der Waals surface area contributed by atoms with Crippen LogP contribution in [0, 0.1) is 11.8 Å². The van der Waals surface area contributed by atoms with Gasteiger partial charge in [-0.2, -0.15) is 0 Å². The summed E-state index contributed by atoms with van der Waals surface area (Å²) in [4.78, 5) is 80.0. The highest BCUT2D eigenvalue weighted by atomic mass is 16.5. The summed E-state index contributed by atoms with van der Waals surface area (Å²) < 4.78 is 5.79. The van der Waals surface area contributed by atoms with Crippen LogP contribution in [0.3, 0.4) is 0 Å². The molecule has 0 bridgehead atoms. The molecule has 2 rings (SSSR count). The second kappa shape index (κ2) is 19.6. The number of amides is 5. The molecule has 0 saturated carbocycles. The van der Waals surface area contributed by atoms with E-state index in [1.165, 1.54) is 6.92 Å². The maximum Gasteiger partial charge on any atom is 0.329 e. The molecular weight excluding hydrogens is 606 g/mol. The molecule has 1 aromatic rings. The van der Waals surface area contributed by atoms with Gasteiger partial charge in [0.1, 0.15) is 30.3 Å². The van der Waals surface area contributed by atoms with Crippen LogP contribution in [0.1, 0.15) is 85.6 Å². The van der Waals surface area contributed by atoms with Gasteiger partial charge < -0.3 is 36.4 Å². The second-order valence-corrected chi connectivity index (χ2v) is 12.7. The second-order valence-electron chi connectivity index (χ2n) is 12.7. The van der Waals surface area contributed by atoms with Gasteiger partial charge >= 0.3 is 5.97 Å². The molecule has 1 saturated heterocycles. The Morgan fingerprint density at radius 1 is 0.787 bits per heavy atom. The smallest absolute Gasteiger partial charge is 0.329 e. The van der Waals surface area contributed by atoms with Gasteiger partial charge in [-0.25, -0.2) is 4.79 Å². The molecule has 0 unspecified atom stereocenters. The predicted molar refractivity (Wildman–Crippen MR) is 175 cm³/mol. The van der Waals surface area contributed by atoms with E-state index in [2.05, 4.69) is 26.6 Å². The minimum atomic E-state index is -1.48. The van der Waals surface area contributed by atoms with Crippen LogP contribution in [0.4, 0.5) is 0 Å². The zero-order valence-electron chi connectivity index (χ0n) is 28.5. The van der Waals surface area contributed by atoms with Gasteiger partial charge in [0.05, 0.1) is 19.1 Å². The first-order valence-electron chi connectivity index (χ1n) is 16.7. The average Bonchev–Trinajstić information content (AvgIpc) is 3.02. The van der Waals surface area contributed by atoms with E-state index in [1.807, 2.05) is 13.8 Å². The van der Waals surface area contributed by atoms with E-state index in [-0.39, 0.29) is 18.8 Å². The average molecular weight is 660 g/mol. The zero-order valence-corrected chi connectivity index (χ0v) is 28.5. The first kappa shape index (κ1) is 39.2. The number of hydrogen-bond donors (Lipinski definition) is 6. The van der Waals surface area contributed by atoms with Crippen LogP contribution in [0.25, 0.3) is 0 Å². The zero-order chi connectivity index (χ0) is 35.1. The predicted octanol–water partition coefficient (Wildman–Crippen LogP) is 1.26. The largest absolute Gasteiger partial charge is 0.460 e. The lowest BCUT2D eigenvalue weighted by molar-refractivity contribution is -0.156. The summed E-state index contributed by atoms with van der Waals surface area (Å²) in [7, 11) is 0. The number of cyclic esters (lactones) is 1. The minimum Gasteiger partial charge on any atom is -0.460 e. The third-order valence-electron chi connectivity index (χ3n) is 8.28. The van der Waals surface area contributed by atoms with Gasteiger partial charge in [0, 0.05) is 6.42 Å². The molecule has 13 nitrogen and oxygen atoms in total. The Kier molecular flexibility index (Phi) is 16.3. The fourth-order valence-corrected chi connectivity index (χ4v) is 5.17. The molecule has 6 N–H and O–H groups in total. The molecular formula is C34H53N5O8.